The van der Waals surface area contributed by atoms with E-state index in [4.69, 9.17) is 9.15 Å². The van der Waals surface area contributed by atoms with E-state index < -0.39 is 16.3 Å². The summed E-state index contributed by atoms with van der Waals surface area (Å²) in [7, 11) is 0. The van der Waals surface area contributed by atoms with Crippen LogP contribution >= 0.6 is 0 Å². The maximum atomic E-state index is 12.8. The first-order valence-electron chi connectivity index (χ1n) is 7.50. The first kappa shape index (κ1) is 16.4. The number of para-hydroxylation sites is 1. The van der Waals surface area contributed by atoms with Crippen LogP contribution < -0.4 is 10.4 Å². The Bertz CT molecular complexity index is 1020. The van der Waals surface area contributed by atoms with E-state index in [1.807, 2.05) is 0 Å². The van der Waals surface area contributed by atoms with E-state index in [2.05, 4.69) is 0 Å². The number of carbonyl (C=O) groups excluding carboxylic acids is 1. The van der Waals surface area contributed by atoms with E-state index in [0.717, 1.165) is 0 Å². The Hall–Kier alpha value is -3.48. The topological polar surface area (TPSA) is 99.6 Å². The fraction of sp³-hybridized carbons (Fsp3) is 0.111. The molecule has 0 aliphatic carbocycles. The van der Waals surface area contributed by atoms with Gasteiger partial charge in [0, 0.05) is 17.7 Å². The summed E-state index contributed by atoms with van der Waals surface area (Å²) in [5.74, 6) is -0.462. The lowest BCUT2D eigenvalue weighted by atomic mass is 10.0. The van der Waals surface area contributed by atoms with Gasteiger partial charge in [0.25, 0.3) is 5.69 Å². The van der Waals surface area contributed by atoms with Gasteiger partial charge in [0.1, 0.15) is 11.3 Å². The van der Waals surface area contributed by atoms with Gasteiger partial charge in [0.05, 0.1) is 16.9 Å². The Morgan fingerprint density at radius 1 is 1.16 bits per heavy atom. The van der Waals surface area contributed by atoms with Crippen molar-refractivity contribution < 1.29 is 18.9 Å². The molecule has 7 nitrogen and oxygen atoms in total. The van der Waals surface area contributed by atoms with E-state index in [1.165, 1.54) is 24.3 Å². The predicted octanol–water partition coefficient (Wildman–Crippen LogP) is 3.33. The van der Waals surface area contributed by atoms with Gasteiger partial charge < -0.3 is 9.15 Å². The third-order valence-electron chi connectivity index (χ3n) is 3.62. The van der Waals surface area contributed by atoms with Gasteiger partial charge in [-0.05, 0) is 31.2 Å². The van der Waals surface area contributed by atoms with E-state index in [9.17, 15) is 19.7 Å². The third-order valence-corrected chi connectivity index (χ3v) is 3.62. The third kappa shape index (κ3) is 2.99. The van der Waals surface area contributed by atoms with Crippen molar-refractivity contribution in [2.75, 3.05) is 6.61 Å². The van der Waals surface area contributed by atoms with Gasteiger partial charge >= 0.3 is 5.63 Å². The summed E-state index contributed by atoms with van der Waals surface area (Å²) < 4.78 is 10.8. The summed E-state index contributed by atoms with van der Waals surface area (Å²) in [5.41, 5.74) is -0.739. The molecular weight excluding hydrogens is 326 g/mol. The first-order chi connectivity index (χ1) is 12.0. The highest BCUT2D eigenvalue weighted by Crippen LogP contribution is 2.29. The maximum absolute atomic E-state index is 12.8. The molecular formula is C18H13NO6. The van der Waals surface area contributed by atoms with Crippen molar-refractivity contribution in [3.63, 3.8) is 0 Å². The zero-order valence-corrected chi connectivity index (χ0v) is 13.2. The molecule has 0 fully saturated rings. The molecule has 0 bridgehead atoms. The number of benzene rings is 2. The summed E-state index contributed by atoms with van der Waals surface area (Å²) in [6.45, 7) is 2.00. The number of fused-ring (bicyclic) bond motifs is 1. The smallest absolute Gasteiger partial charge is 0.351 e. The number of hydrogen-bond donors (Lipinski definition) is 0. The summed E-state index contributed by atoms with van der Waals surface area (Å²) >= 11 is 0. The molecule has 0 N–H and O–H groups in total. The van der Waals surface area contributed by atoms with Crippen molar-refractivity contribution in [1.29, 1.82) is 0 Å². The first-order valence-corrected chi connectivity index (χ1v) is 7.50. The lowest BCUT2D eigenvalue weighted by Crippen LogP contribution is -2.17. The van der Waals surface area contributed by atoms with Crippen LogP contribution in [0, 0.1) is 10.1 Å². The Morgan fingerprint density at radius 3 is 2.48 bits per heavy atom. The van der Waals surface area contributed by atoms with Crippen molar-refractivity contribution in [2.24, 2.45) is 0 Å². The highest BCUT2D eigenvalue weighted by molar-refractivity contribution is 6.12. The van der Waals surface area contributed by atoms with Crippen LogP contribution in [0.5, 0.6) is 5.75 Å². The molecule has 3 aromatic rings. The number of hydrogen-bond acceptors (Lipinski definition) is 6. The fourth-order valence-electron chi connectivity index (χ4n) is 2.49. The molecule has 0 amide bonds. The molecule has 1 heterocycles. The van der Waals surface area contributed by atoms with Crippen LogP contribution in [-0.4, -0.2) is 17.3 Å². The Kier molecular flexibility index (Phi) is 4.30. The highest BCUT2D eigenvalue weighted by atomic mass is 16.6. The van der Waals surface area contributed by atoms with Gasteiger partial charge in [-0.25, -0.2) is 4.79 Å². The van der Waals surface area contributed by atoms with Crippen LogP contribution in [0.4, 0.5) is 5.69 Å². The molecule has 1 aromatic heterocycles. The van der Waals surface area contributed by atoms with Gasteiger partial charge in [-0.2, -0.15) is 0 Å². The molecule has 0 spiro atoms. The van der Waals surface area contributed by atoms with Crippen LogP contribution in [0.2, 0.25) is 0 Å². The SMILES string of the molecule is CCOc1c(C(=O)c2ccc([N+](=O)[O-])cc2)c(=O)oc2ccccc12. The number of carbonyl (C=O) groups is 1. The van der Waals surface area contributed by atoms with Crippen LogP contribution in [0.3, 0.4) is 0 Å². The zero-order chi connectivity index (χ0) is 18.0. The quantitative estimate of drug-likeness (QED) is 0.306. The molecule has 0 unspecified atom stereocenters. The second-order valence-corrected chi connectivity index (χ2v) is 5.16. The average Bonchev–Trinajstić information content (AvgIpc) is 2.61. The summed E-state index contributed by atoms with van der Waals surface area (Å²) in [6.07, 6.45) is 0. The van der Waals surface area contributed by atoms with Gasteiger partial charge in [-0.15, -0.1) is 0 Å². The monoisotopic (exact) mass is 339 g/mol. The zero-order valence-electron chi connectivity index (χ0n) is 13.2. The Labute approximate surface area is 141 Å². The lowest BCUT2D eigenvalue weighted by molar-refractivity contribution is -0.384. The second-order valence-electron chi connectivity index (χ2n) is 5.16. The summed E-state index contributed by atoms with van der Waals surface area (Å²) in [5, 5.41) is 11.2. The number of nitro groups is 1. The molecule has 3 rings (SSSR count). The van der Waals surface area contributed by atoms with Crippen molar-refractivity contribution in [3.8, 4) is 5.75 Å². The fourth-order valence-corrected chi connectivity index (χ4v) is 2.49. The molecule has 0 aliphatic rings. The van der Waals surface area contributed by atoms with Gasteiger partial charge in [-0.1, -0.05) is 12.1 Å². The van der Waals surface area contributed by atoms with Gasteiger partial charge in [-0.3, -0.25) is 14.9 Å². The largest absolute Gasteiger partial charge is 0.492 e. The minimum atomic E-state index is -0.814. The molecule has 0 saturated carbocycles. The predicted molar refractivity (Wildman–Crippen MR) is 90.2 cm³/mol. The summed E-state index contributed by atoms with van der Waals surface area (Å²) in [6, 6.07) is 11.8. The van der Waals surface area contributed by atoms with Gasteiger partial charge in [0.2, 0.25) is 5.78 Å². The van der Waals surface area contributed by atoms with E-state index in [1.54, 1.807) is 31.2 Å². The highest BCUT2D eigenvalue weighted by Gasteiger charge is 2.24. The number of ether oxygens (including phenoxy) is 1. The molecule has 0 aliphatic heterocycles. The van der Waals surface area contributed by atoms with Crippen LogP contribution in [-0.2, 0) is 0 Å². The number of rotatable bonds is 5. The van der Waals surface area contributed by atoms with Crippen LogP contribution in [0.25, 0.3) is 11.0 Å². The number of nitro benzene ring substituents is 1. The minimum absolute atomic E-state index is 0.133. The Balaban J connectivity index is 2.18. The number of non-ortho nitro benzene ring substituents is 1. The molecule has 0 radical (unpaired) electrons. The molecule has 25 heavy (non-hydrogen) atoms. The lowest BCUT2D eigenvalue weighted by Gasteiger charge is -2.11. The maximum Gasteiger partial charge on any atom is 0.351 e. The normalized spacial score (nSPS) is 10.6. The number of nitrogens with zero attached hydrogens (tertiary/aromatic N) is 1. The van der Waals surface area contributed by atoms with Crippen molar-refractivity contribution in [2.45, 2.75) is 6.92 Å². The molecule has 2 aromatic carbocycles. The summed E-state index contributed by atoms with van der Waals surface area (Å²) in [4.78, 5) is 35.3. The van der Waals surface area contributed by atoms with Crippen molar-refractivity contribution in [1.82, 2.24) is 0 Å². The van der Waals surface area contributed by atoms with Crippen molar-refractivity contribution in [3.05, 3.63) is 80.2 Å². The van der Waals surface area contributed by atoms with E-state index >= 15 is 0 Å². The average molecular weight is 339 g/mol. The Morgan fingerprint density at radius 2 is 1.84 bits per heavy atom. The van der Waals surface area contributed by atoms with Crippen LogP contribution in [0.15, 0.2) is 57.7 Å². The standard InChI is InChI=1S/C18H13NO6/c1-2-24-17-13-5-3-4-6-14(13)25-18(21)15(17)16(20)11-7-9-12(10-8-11)19(22)23/h3-10H,2H2,1H3. The molecule has 0 atom stereocenters. The molecule has 0 saturated heterocycles. The molecule has 126 valence electrons. The van der Waals surface area contributed by atoms with Gasteiger partial charge in [0.15, 0.2) is 5.56 Å². The number of ketones is 1. The van der Waals surface area contributed by atoms with E-state index in [-0.39, 0.29) is 29.2 Å². The second kappa shape index (κ2) is 6.56. The van der Waals surface area contributed by atoms with E-state index in [0.29, 0.717) is 11.0 Å². The van der Waals surface area contributed by atoms with Crippen molar-refractivity contribution >= 4 is 22.4 Å². The molecule has 7 heteroatoms. The van der Waals surface area contributed by atoms with Crippen LogP contribution in [0.1, 0.15) is 22.8 Å². The minimum Gasteiger partial charge on any atom is -0.492 e.